The van der Waals surface area contributed by atoms with Gasteiger partial charge < -0.3 is 9.47 Å². The summed E-state index contributed by atoms with van der Waals surface area (Å²) in [5.74, 6) is 0.138. The Labute approximate surface area is 147 Å². The molecule has 2 aromatic rings. The molecule has 1 aliphatic rings. The highest BCUT2D eigenvalue weighted by Gasteiger charge is 2.21. The molecule has 0 atom stereocenters. The predicted molar refractivity (Wildman–Crippen MR) is 93.9 cm³/mol. The average molecular weight is 385 g/mol. The standard InChI is InChI=1S/C19H13BrO4/c1-12(21)23-17-4-2-3-13(10-17)9-15-11-18(24-19(15)22)14-5-7-16(20)8-6-14/h2-11H,1H3/b15-9+. The molecule has 0 spiro atoms. The molecule has 1 heterocycles. The van der Waals surface area contributed by atoms with Gasteiger partial charge in [-0.15, -0.1) is 0 Å². The maximum Gasteiger partial charge on any atom is 0.343 e. The molecular weight excluding hydrogens is 372 g/mol. The number of benzene rings is 2. The normalized spacial score (nSPS) is 15.2. The van der Waals surface area contributed by atoms with E-state index in [-0.39, 0.29) is 0 Å². The van der Waals surface area contributed by atoms with Crippen molar-refractivity contribution in [2.75, 3.05) is 0 Å². The van der Waals surface area contributed by atoms with E-state index in [1.54, 1.807) is 30.4 Å². The van der Waals surface area contributed by atoms with Gasteiger partial charge in [0.25, 0.3) is 0 Å². The molecule has 3 rings (SSSR count). The molecule has 0 radical (unpaired) electrons. The second-order valence-electron chi connectivity index (χ2n) is 5.17. The van der Waals surface area contributed by atoms with Crippen molar-refractivity contribution in [2.24, 2.45) is 0 Å². The fraction of sp³-hybridized carbons (Fsp3) is 0.0526. The highest BCUT2D eigenvalue weighted by atomic mass is 79.9. The molecule has 1 aliphatic heterocycles. The summed E-state index contributed by atoms with van der Waals surface area (Å²) in [6, 6.07) is 14.4. The summed E-state index contributed by atoms with van der Waals surface area (Å²) >= 11 is 3.37. The number of esters is 2. The van der Waals surface area contributed by atoms with Gasteiger partial charge in [-0.05, 0) is 42.0 Å². The zero-order valence-electron chi connectivity index (χ0n) is 12.8. The van der Waals surface area contributed by atoms with Gasteiger partial charge in [-0.1, -0.05) is 40.2 Å². The summed E-state index contributed by atoms with van der Waals surface area (Å²) in [5, 5.41) is 0. The molecule has 0 unspecified atom stereocenters. The van der Waals surface area contributed by atoms with Gasteiger partial charge in [-0.25, -0.2) is 4.79 Å². The minimum absolute atomic E-state index is 0.391. The van der Waals surface area contributed by atoms with E-state index in [0.29, 0.717) is 17.1 Å². The van der Waals surface area contributed by atoms with Crippen LogP contribution >= 0.6 is 15.9 Å². The Balaban J connectivity index is 1.88. The van der Waals surface area contributed by atoms with Gasteiger partial charge in [0.15, 0.2) is 0 Å². The number of ether oxygens (including phenoxy) is 2. The number of carbonyl (C=O) groups is 2. The number of rotatable bonds is 3. The molecule has 0 aromatic heterocycles. The summed E-state index contributed by atoms with van der Waals surface area (Å²) in [5.41, 5.74) is 2.01. The molecule has 24 heavy (non-hydrogen) atoms. The molecule has 0 aliphatic carbocycles. The number of cyclic esters (lactones) is 1. The van der Waals surface area contributed by atoms with E-state index in [1.807, 2.05) is 30.3 Å². The third kappa shape index (κ3) is 3.81. The molecule has 0 saturated heterocycles. The van der Waals surface area contributed by atoms with Crippen LogP contribution in [0.15, 0.2) is 64.7 Å². The zero-order chi connectivity index (χ0) is 17.1. The highest BCUT2D eigenvalue weighted by molar-refractivity contribution is 9.10. The minimum Gasteiger partial charge on any atom is -0.427 e. The smallest absolute Gasteiger partial charge is 0.343 e. The van der Waals surface area contributed by atoms with Crippen molar-refractivity contribution in [3.05, 3.63) is 75.8 Å². The second-order valence-corrected chi connectivity index (χ2v) is 6.09. The lowest BCUT2D eigenvalue weighted by molar-refractivity contribution is -0.132. The van der Waals surface area contributed by atoms with Crippen LogP contribution in [-0.4, -0.2) is 11.9 Å². The Kier molecular flexibility index (Phi) is 4.62. The minimum atomic E-state index is -0.411. The van der Waals surface area contributed by atoms with E-state index < -0.39 is 11.9 Å². The quantitative estimate of drug-likeness (QED) is 0.448. The number of hydrogen-bond donors (Lipinski definition) is 0. The SMILES string of the molecule is CC(=O)Oc1cccc(/C=C2\C=C(c3ccc(Br)cc3)OC2=O)c1. The molecule has 2 aromatic carbocycles. The Bertz CT molecular complexity index is 863. The van der Waals surface area contributed by atoms with Crippen LogP contribution < -0.4 is 4.74 Å². The summed E-state index contributed by atoms with van der Waals surface area (Å²) in [7, 11) is 0. The summed E-state index contributed by atoms with van der Waals surface area (Å²) < 4.78 is 11.3. The van der Waals surface area contributed by atoms with Crippen molar-refractivity contribution < 1.29 is 19.1 Å². The van der Waals surface area contributed by atoms with Crippen molar-refractivity contribution in [1.82, 2.24) is 0 Å². The molecule has 0 bridgehead atoms. The van der Waals surface area contributed by atoms with Gasteiger partial charge in [0.05, 0.1) is 5.57 Å². The van der Waals surface area contributed by atoms with Crippen LogP contribution in [0.2, 0.25) is 0 Å². The van der Waals surface area contributed by atoms with Crippen LogP contribution in [0.5, 0.6) is 5.75 Å². The van der Waals surface area contributed by atoms with Gasteiger partial charge >= 0.3 is 11.9 Å². The fourth-order valence-corrected chi connectivity index (χ4v) is 2.52. The van der Waals surface area contributed by atoms with Crippen molar-refractivity contribution >= 4 is 39.7 Å². The monoisotopic (exact) mass is 384 g/mol. The Morgan fingerprint density at radius 2 is 1.92 bits per heavy atom. The van der Waals surface area contributed by atoms with Crippen molar-refractivity contribution in [3.8, 4) is 5.75 Å². The van der Waals surface area contributed by atoms with Crippen LogP contribution in [0, 0.1) is 0 Å². The van der Waals surface area contributed by atoms with Crippen LogP contribution in [-0.2, 0) is 14.3 Å². The lowest BCUT2D eigenvalue weighted by Crippen LogP contribution is -2.01. The molecular formula is C19H13BrO4. The molecule has 0 saturated carbocycles. The lowest BCUT2D eigenvalue weighted by atomic mass is 10.1. The molecule has 0 fully saturated rings. The van der Waals surface area contributed by atoms with Crippen molar-refractivity contribution in [1.29, 1.82) is 0 Å². The molecule has 4 nitrogen and oxygen atoms in total. The molecule has 0 N–H and O–H groups in total. The Hall–Kier alpha value is -2.66. The van der Waals surface area contributed by atoms with Gasteiger partial charge in [0, 0.05) is 17.0 Å². The maximum atomic E-state index is 12.1. The van der Waals surface area contributed by atoms with Crippen LogP contribution in [0.3, 0.4) is 0 Å². The summed E-state index contributed by atoms with van der Waals surface area (Å²) in [4.78, 5) is 23.1. The van der Waals surface area contributed by atoms with E-state index >= 15 is 0 Å². The first-order valence-electron chi connectivity index (χ1n) is 7.21. The van der Waals surface area contributed by atoms with Gasteiger partial charge in [0.1, 0.15) is 11.5 Å². The average Bonchev–Trinajstić information content (AvgIpc) is 2.89. The fourth-order valence-electron chi connectivity index (χ4n) is 2.26. The maximum absolute atomic E-state index is 12.1. The number of hydrogen-bond acceptors (Lipinski definition) is 4. The topological polar surface area (TPSA) is 52.6 Å². The van der Waals surface area contributed by atoms with Gasteiger partial charge in [0.2, 0.25) is 0 Å². The van der Waals surface area contributed by atoms with Gasteiger partial charge in [-0.2, -0.15) is 0 Å². The van der Waals surface area contributed by atoms with E-state index in [9.17, 15) is 9.59 Å². The lowest BCUT2D eigenvalue weighted by Gasteiger charge is -2.02. The second kappa shape index (κ2) is 6.84. The van der Waals surface area contributed by atoms with Gasteiger partial charge in [-0.3, -0.25) is 4.79 Å². The van der Waals surface area contributed by atoms with Crippen LogP contribution in [0.25, 0.3) is 11.8 Å². The largest absolute Gasteiger partial charge is 0.427 e. The first-order valence-corrected chi connectivity index (χ1v) is 8.00. The third-order valence-electron chi connectivity index (χ3n) is 3.30. The molecule has 120 valence electrons. The highest BCUT2D eigenvalue weighted by Crippen LogP contribution is 2.28. The molecule has 5 heteroatoms. The van der Waals surface area contributed by atoms with Crippen molar-refractivity contribution in [3.63, 3.8) is 0 Å². The predicted octanol–water partition coefficient (Wildman–Crippen LogP) is 4.36. The van der Waals surface area contributed by atoms with E-state index in [0.717, 1.165) is 15.6 Å². The molecule has 0 amide bonds. The zero-order valence-corrected chi connectivity index (χ0v) is 14.4. The van der Waals surface area contributed by atoms with E-state index in [1.165, 1.54) is 6.92 Å². The summed E-state index contributed by atoms with van der Waals surface area (Å²) in [6.45, 7) is 1.34. The van der Waals surface area contributed by atoms with Crippen LogP contribution in [0.1, 0.15) is 18.1 Å². The Morgan fingerprint density at radius 1 is 1.17 bits per heavy atom. The van der Waals surface area contributed by atoms with Crippen LogP contribution in [0.4, 0.5) is 0 Å². The first-order chi connectivity index (χ1) is 11.5. The Morgan fingerprint density at radius 3 is 2.62 bits per heavy atom. The third-order valence-corrected chi connectivity index (χ3v) is 3.82. The number of carbonyl (C=O) groups excluding carboxylic acids is 2. The van der Waals surface area contributed by atoms with Crippen molar-refractivity contribution in [2.45, 2.75) is 6.92 Å². The first kappa shape index (κ1) is 16.2. The van der Waals surface area contributed by atoms with E-state index in [4.69, 9.17) is 9.47 Å². The number of halogens is 1. The summed E-state index contributed by atoms with van der Waals surface area (Å²) in [6.07, 6.45) is 3.39. The van der Waals surface area contributed by atoms with E-state index in [2.05, 4.69) is 15.9 Å².